The van der Waals surface area contributed by atoms with Crippen LogP contribution in [0.4, 0.5) is 13.2 Å². The third-order valence-electron chi connectivity index (χ3n) is 4.43. The van der Waals surface area contributed by atoms with Crippen LogP contribution in [0.25, 0.3) is 0 Å². The van der Waals surface area contributed by atoms with Crippen molar-refractivity contribution in [2.75, 3.05) is 0 Å². The Kier molecular flexibility index (Phi) is 2.73. The minimum Gasteiger partial charge on any atom is -0.294 e. The van der Waals surface area contributed by atoms with E-state index in [-0.39, 0.29) is 11.7 Å². The fraction of sp³-hybridized carbons (Fsp3) is 0.533. The standard InChI is InChI=1S/C15H15F3O/c1-8-4-12(15(16,17)18)2-3-13(8)14(19)11-6-9-5-10(9)7-11/h2-4,9-11H,5-7H2,1H3. The number of halogens is 3. The number of hydrogen-bond acceptors (Lipinski definition) is 1. The summed E-state index contributed by atoms with van der Waals surface area (Å²) in [5.41, 5.74) is 0.204. The van der Waals surface area contributed by atoms with Gasteiger partial charge >= 0.3 is 6.18 Å². The molecule has 102 valence electrons. The van der Waals surface area contributed by atoms with Crippen molar-refractivity contribution in [3.05, 3.63) is 34.9 Å². The lowest BCUT2D eigenvalue weighted by atomic mass is 9.90. The molecule has 0 spiro atoms. The van der Waals surface area contributed by atoms with Gasteiger partial charge in [0, 0.05) is 11.5 Å². The van der Waals surface area contributed by atoms with Gasteiger partial charge in [-0.3, -0.25) is 4.79 Å². The molecular formula is C15H15F3O. The lowest BCUT2D eigenvalue weighted by molar-refractivity contribution is -0.137. The third kappa shape index (κ3) is 2.28. The Morgan fingerprint density at radius 2 is 1.79 bits per heavy atom. The molecule has 2 aliphatic rings. The van der Waals surface area contributed by atoms with Crippen LogP contribution in [0, 0.1) is 24.7 Å². The highest BCUT2D eigenvalue weighted by Crippen LogP contribution is 2.55. The number of benzene rings is 1. The highest BCUT2D eigenvalue weighted by atomic mass is 19.4. The summed E-state index contributed by atoms with van der Waals surface area (Å²) in [5.74, 6) is 1.45. The summed E-state index contributed by atoms with van der Waals surface area (Å²) in [5, 5.41) is 0. The van der Waals surface area contributed by atoms with Crippen molar-refractivity contribution in [1.82, 2.24) is 0 Å². The molecule has 0 heterocycles. The number of ketones is 1. The van der Waals surface area contributed by atoms with E-state index >= 15 is 0 Å². The maximum Gasteiger partial charge on any atom is 0.416 e. The van der Waals surface area contributed by atoms with Crippen LogP contribution in [0.2, 0.25) is 0 Å². The van der Waals surface area contributed by atoms with Crippen molar-refractivity contribution in [3.63, 3.8) is 0 Å². The summed E-state index contributed by atoms with van der Waals surface area (Å²) in [4.78, 5) is 12.3. The van der Waals surface area contributed by atoms with Gasteiger partial charge in [0.25, 0.3) is 0 Å². The number of Topliss-reactive ketones (excluding diaryl/α,β-unsaturated/α-hetero) is 1. The zero-order chi connectivity index (χ0) is 13.8. The lowest BCUT2D eigenvalue weighted by Crippen LogP contribution is -2.15. The number of alkyl halides is 3. The van der Waals surface area contributed by atoms with Crippen LogP contribution >= 0.6 is 0 Å². The first-order valence-corrected chi connectivity index (χ1v) is 6.58. The summed E-state index contributed by atoms with van der Waals surface area (Å²) in [6, 6.07) is 3.42. The summed E-state index contributed by atoms with van der Waals surface area (Å²) in [6.45, 7) is 1.58. The average molecular weight is 268 g/mol. The summed E-state index contributed by atoms with van der Waals surface area (Å²) in [6.07, 6.45) is -1.27. The van der Waals surface area contributed by atoms with Gasteiger partial charge in [-0.15, -0.1) is 0 Å². The average Bonchev–Trinajstić information content (AvgIpc) is 2.94. The van der Waals surface area contributed by atoms with E-state index in [9.17, 15) is 18.0 Å². The monoisotopic (exact) mass is 268 g/mol. The molecule has 2 fully saturated rings. The molecular weight excluding hydrogens is 253 g/mol. The molecule has 2 saturated carbocycles. The zero-order valence-electron chi connectivity index (χ0n) is 10.6. The minimum atomic E-state index is -4.35. The molecule has 1 aromatic rings. The smallest absolute Gasteiger partial charge is 0.294 e. The highest BCUT2D eigenvalue weighted by Gasteiger charge is 2.48. The summed E-state index contributed by atoms with van der Waals surface area (Å²) >= 11 is 0. The molecule has 0 radical (unpaired) electrons. The van der Waals surface area contributed by atoms with Gasteiger partial charge < -0.3 is 0 Å². The SMILES string of the molecule is Cc1cc(C(F)(F)F)ccc1C(=O)C1CC2CC2C1. The molecule has 0 saturated heterocycles. The van der Waals surface area contributed by atoms with Crippen molar-refractivity contribution in [1.29, 1.82) is 0 Å². The van der Waals surface area contributed by atoms with Gasteiger partial charge in [0.05, 0.1) is 5.56 Å². The number of aryl methyl sites for hydroxylation is 1. The van der Waals surface area contributed by atoms with Crippen LogP contribution in [0.3, 0.4) is 0 Å². The molecule has 0 bridgehead atoms. The van der Waals surface area contributed by atoms with Crippen molar-refractivity contribution in [2.24, 2.45) is 17.8 Å². The van der Waals surface area contributed by atoms with Gasteiger partial charge in [-0.05, 0) is 55.7 Å². The first-order valence-electron chi connectivity index (χ1n) is 6.58. The van der Waals surface area contributed by atoms with Crippen LogP contribution in [0.1, 0.15) is 40.7 Å². The Labute approximate surface area is 109 Å². The van der Waals surface area contributed by atoms with Gasteiger partial charge in [-0.2, -0.15) is 13.2 Å². The summed E-state index contributed by atoms with van der Waals surface area (Å²) < 4.78 is 37.7. The van der Waals surface area contributed by atoms with Gasteiger partial charge in [-0.25, -0.2) is 0 Å². The Balaban J connectivity index is 1.83. The van der Waals surface area contributed by atoms with E-state index in [0.717, 1.165) is 25.0 Å². The quantitative estimate of drug-likeness (QED) is 0.733. The fourth-order valence-corrected chi connectivity index (χ4v) is 3.27. The zero-order valence-corrected chi connectivity index (χ0v) is 10.6. The number of rotatable bonds is 2. The number of carbonyl (C=O) groups excluding carboxylic acids is 1. The van der Waals surface area contributed by atoms with Crippen molar-refractivity contribution >= 4 is 5.78 Å². The van der Waals surface area contributed by atoms with Crippen molar-refractivity contribution in [2.45, 2.75) is 32.4 Å². The van der Waals surface area contributed by atoms with E-state index in [1.807, 2.05) is 0 Å². The van der Waals surface area contributed by atoms with Crippen LogP contribution in [-0.4, -0.2) is 5.78 Å². The van der Waals surface area contributed by atoms with Crippen molar-refractivity contribution in [3.8, 4) is 0 Å². The second-order valence-corrected chi connectivity index (χ2v) is 5.82. The molecule has 19 heavy (non-hydrogen) atoms. The highest BCUT2D eigenvalue weighted by molar-refractivity contribution is 5.99. The van der Waals surface area contributed by atoms with Gasteiger partial charge in [0.15, 0.2) is 5.78 Å². The molecule has 0 amide bonds. The number of hydrogen-bond donors (Lipinski definition) is 0. The fourth-order valence-electron chi connectivity index (χ4n) is 3.27. The van der Waals surface area contributed by atoms with E-state index in [0.29, 0.717) is 23.0 Å². The van der Waals surface area contributed by atoms with Crippen LogP contribution in [0.5, 0.6) is 0 Å². The summed E-state index contributed by atoms with van der Waals surface area (Å²) in [7, 11) is 0. The first-order chi connectivity index (χ1) is 8.86. The van der Waals surface area contributed by atoms with Gasteiger partial charge in [0.1, 0.15) is 0 Å². The molecule has 2 unspecified atom stereocenters. The largest absolute Gasteiger partial charge is 0.416 e. The van der Waals surface area contributed by atoms with Crippen LogP contribution < -0.4 is 0 Å². The van der Waals surface area contributed by atoms with E-state index in [1.165, 1.54) is 12.5 Å². The van der Waals surface area contributed by atoms with E-state index < -0.39 is 11.7 Å². The van der Waals surface area contributed by atoms with Gasteiger partial charge in [-0.1, -0.05) is 6.07 Å². The topological polar surface area (TPSA) is 17.1 Å². The number of fused-ring (bicyclic) bond motifs is 1. The van der Waals surface area contributed by atoms with Crippen LogP contribution in [-0.2, 0) is 6.18 Å². The molecule has 2 aliphatic carbocycles. The molecule has 0 aromatic heterocycles. The Bertz CT molecular complexity index is 523. The Morgan fingerprint density at radius 3 is 2.32 bits per heavy atom. The van der Waals surface area contributed by atoms with E-state index in [2.05, 4.69) is 0 Å². The molecule has 0 N–H and O–H groups in total. The predicted octanol–water partition coefficient (Wildman–Crippen LogP) is 4.24. The maximum absolute atomic E-state index is 12.6. The lowest BCUT2D eigenvalue weighted by Gasteiger charge is -2.14. The van der Waals surface area contributed by atoms with Gasteiger partial charge in [0.2, 0.25) is 0 Å². The van der Waals surface area contributed by atoms with Crippen molar-refractivity contribution < 1.29 is 18.0 Å². The second kappa shape index (κ2) is 4.09. The molecule has 1 aromatic carbocycles. The normalized spacial score (nSPS) is 29.2. The molecule has 0 aliphatic heterocycles. The molecule has 2 atom stereocenters. The molecule has 4 heteroatoms. The molecule has 1 nitrogen and oxygen atoms in total. The Morgan fingerprint density at radius 1 is 1.16 bits per heavy atom. The Hall–Kier alpha value is -1.32. The second-order valence-electron chi connectivity index (χ2n) is 5.82. The minimum absolute atomic E-state index is 0.0263. The molecule has 3 rings (SSSR count). The van der Waals surface area contributed by atoms with Crippen LogP contribution in [0.15, 0.2) is 18.2 Å². The third-order valence-corrected chi connectivity index (χ3v) is 4.43. The van der Waals surface area contributed by atoms with E-state index in [1.54, 1.807) is 6.92 Å². The van der Waals surface area contributed by atoms with E-state index in [4.69, 9.17) is 0 Å². The maximum atomic E-state index is 12.6. The number of carbonyl (C=O) groups is 1. The predicted molar refractivity (Wildman–Crippen MR) is 64.8 cm³/mol. The first kappa shape index (κ1) is 12.7.